The standard InChI is InChI=1S/C20H29N3O3/c1-15-7-2-3-9-17(15)18(24)13-21-19(25)16-8-6-12-23(14-16)20(26)22-10-4-5-11-22/h2-3,7,9,16,18,24H,4-6,8,10-14H2,1H3,(H,21,25). The van der Waals surface area contributed by atoms with Gasteiger partial charge < -0.3 is 20.2 Å². The van der Waals surface area contributed by atoms with E-state index in [1.807, 2.05) is 41.0 Å². The van der Waals surface area contributed by atoms with Crippen molar-refractivity contribution < 1.29 is 14.7 Å². The minimum absolute atomic E-state index is 0.0694. The average molecular weight is 359 g/mol. The topological polar surface area (TPSA) is 72.9 Å². The molecule has 0 spiro atoms. The fourth-order valence-corrected chi connectivity index (χ4v) is 3.89. The van der Waals surface area contributed by atoms with Crippen LogP contribution < -0.4 is 5.32 Å². The Bertz CT molecular complexity index is 643. The molecule has 2 unspecified atom stereocenters. The van der Waals surface area contributed by atoms with Crippen LogP contribution in [0.25, 0.3) is 0 Å². The second kappa shape index (κ2) is 8.54. The molecule has 0 radical (unpaired) electrons. The first-order chi connectivity index (χ1) is 12.6. The van der Waals surface area contributed by atoms with Gasteiger partial charge in [0, 0.05) is 32.7 Å². The number of nitrogens with zero attached hydrogens (tertiary/aromatic N) is 2. The zero-order valence-corrected chi connectivity index (χ0v) is 15.5. The van der Waals surface area contributed by atoms with Crippen LogP contribution in [0.15, 0.2) is 24.3 Å². The van der Waals surface area contributed by atoms with Gasteiger partial charge in [0.25, 0.3) is 0 Å². The number of carbonyl (C=O) groups excluding carboxylic acids is 2. The number of likely N-dealkylation sites (tertiary alicyclic amines) is 2. The Labute approximate surface area is 155 Å². The van der Waals surface area contributed by atoms with Gasteiger partial charge in [-0.15, -0.1) is 0 Å². The molecular formula is C20H29N3O3. The number of hydrogen-bond acceptors (Lipinski definition) is 3. The van der Waals surface area contributed by atoms with Gasteiger partial charge in [-0.25, -0.2) is 4.79 Å². The maximum absolute atomic E-state index is 12.5. The van der Waals surface area contributed by atoms with E-state index in [0.29, 0.717) is 6.54 Å². The highest BCUT2D eigenvalue weighted by atomic mass is 16.3. The van der Waals surface area contributed by atoms with E-state index in [2.05, 4.69) is 5.32 Å². The molecule has 1 aromatic carbocycles. The quantitative estimate of drug-likeness (QED) is 0.864. The van der Waals surface area contributed by atoms with E-state index < -0.39 is 6.10 Å². The first kappa shape index (κ1) is 18.7. The molecule has 0 bridgehead atoms. The molecule has 2 atom stereocenters. The Morgan fingerprint density at radius 1 is 1.15 bits per heavy atom. The molecule has 6 heteroatoms. The van der Waals surface area contributed by atoms with Gasteiger partial charge in [0.15, 0.2) is 0 Å². The van der Waals surface area contributed by atoms with Crippen LogP contribution in [0.3, 0.4) is 0 Å². The zero-order chi connectivity index (χ0) is 18.5. The number of piperidine rings is 1. The van der Waals surface area contributed by atoms with Crippen molar-refractivity contribution in [2.75, 3.05) is 32.7 Å². The number of nitrogens with one attached hydrogen (secondary N) is 1. The second-order valence-corrected chi connectivity index (χ2v) is 7.38. The Morgan fingerprint density at radius 3 is 2.58 bits per heavy atom. The van der Waals surface area contributed by atoms with E-state index >= 15 is 0 Å². The Balaban J connectivity index is 1.51. The fourth-order valence-electron chi connectivity index (χ4n) is 3.89. The SMILES string of the molecule is Cc1ccccc1C(O)CNC(=O)C1CCCN(C(=O)N2CCCC2)C1. The van der Waals surface area contributed by atoms with E-state index in [1.54, 1.807) is 0 Å². The van der Waals surface area contributed by atoms with E-state index in [9.17, 15) is 14.7 Å². The largest absolute Gasteiger partial charge is 0.387 e. The average Bonchev–Trinajstić information content (AvgIpc) is 3.20. The summed E-state index contributed by atoms with van der Waals surface area (Å²) >= 11 is 0. The van der Waals surface area contributed by atoms with Crippen LogP contribution in [0.5, 0.6) is 0 Å². The van der Waals surface area contributed by atoms with Crippen molar-refractivity contribution in [3.05, 3.63) is 35.4 Å². The molecule has 0 aromatic heterocycles. The van der Waals surface area contributed by atoms with Gasteiger partial charge in [0.1, 0.15) is 0 Å². The van der Waals surface area contributed by atoms with Gasteiger partial charge in [0.2, 0.25) is 5.91 Å². The molecule has 2 fully saturated rings. The summed E-state index contributed by atoms with van der Waals surface area (Å²) in [6.45, 7) is 5.00. The summed E-state index contributed by atoms with van der Waals surface area (Å²) in [7, 11) is 0. The lowest BCUT2D eigenvalue weighted by Gasteiger charge is -2.34. The smallest absolute Gasteiger partial charge is 0.320 e. The van der Waals surface area contributed by atoms with Crippen LogP contribution in [0, 0.1) is 12.8 Å². The highest BCUT2D eigenvalue weighted by Crippen LogP contribution is 2.21. The molecule has 142 valence electrons. The number of aryl methyl sites for hydroxylation is 1. The van der Waals surface area contributed by atoms with Gasteiger partial charge in [0.05, 0.1) is 12.0 Å². The number of rotatable bonds is 4. The minimum atomic E-state index is -0.717. The van der Waals surface area contributed by atoms with Gasteiger partial charge in [-0.2, -0.15) is 0 Å². The maximum atomic E-state index is 12.5. The molecule has 26 heavy (non-hydrogen) atoms. The van der Waals surface area contributed by atoms with Gasteiger partial charge in [-0.3, -0.25) is 4.79 Å². The fraction of sp³-hybridized carbons (Fsp3) is 0.600. The monoisotopic (exact) mass is 359 g/mol. The van der Waals surface area contributed by atoms with Crippen LogP contribution in [0.1, 0.15) is 42.9 Å². The van der Waals surface area contributed by atoms with E-state index in [0.717, 1.165) is 56.4 Å². The third kappa shape index (κ3) is 4.36. The van der Waals surface area contributed by atoms with Crippen molar-refractivity contribution in [2.45, 2.75) is 38.7 Å². The summed E-state index contributed by atoms with van der Waals surface area (Å²) in [5.74, 6) is -0.268. The van der Waals surface area contributed by atoms with Gasteiger partial charge >= 0.3 is 6.03 Å². The summed E-state index contributed by atoms with van der Waals surface area (Å²) in [4.78, 5) is 28.8. The molecular weight excluding hydrogens is 330 g/mol. The lowest BCUT2D eigenvalue weighted by atomic mass is 9.97. The number of hydrogen-bond donors (Lipinski definition) is 2. The van der Waals surface area contributed by atoms with E-state index in [1.165, 1.54) is 0 Å². The molecule has 2 aliphatic rings. The Hall–Kier alpha value is -2.08. The highest BCUT2D eigenvalue weighted by Gasteiger charge is 2.31. The molecule has 2 aliphatic heterocycles. The number of aliphatic hydroxyl groups excluding tert-OH is 1. The van der Waals surface area contributed by atoms with Gasteiger partial charge in [-0.05, 0) is 43.7 Å². The maximum Gasteiger partial charge on any atom is 0.320 e. The molecule has 2 saturated heterocycles. The number of amides is 3. The molecule has 1 aromatic rings. The minimum Gasteiger partial charge on any atom is -0.387 e. The third-order valence-electron chi connectivity index (χ3n) is 5.46. The third-order valence-corrected chi connectivity index (χ3v) is 5.46. The van der Waals surface area contributed by atoms with Crippen molar-refractivity contribution in [1.82, 2.24) is 15.1 Å². The number of aliphatic hydroxyl groups is 1. The van der Waals surface area contributed by atoms with E-state index in [-0.39, 0.29) is 24.4 Å². The Morgan fingerprint density at radius 2 is 1.85 bits per heavy atom. The Kier molecular flexibility index (Phi) is 6.14. The molecule has 3 amide bonds. The van der Waals surface area contributed by atoms with Gasteiger partial charge in [-0.1, -0.05) is 24.3 Å². The highest BCUT2D eigenvalue weighted by molar-refractivity contribution is 5.81. The predicted molar refractivity (Wildman–Crippen MR) is 99.6 cm³/mol. The normalized spacial score (nSPS) is 21.5. The number of carbonyl (C=O) groups is 2. The van der Waals surface area contributed by atoms with E-state index in [4.69, 9.17) is 0 Å². The van der Waals surface area contributed by atoms with Crippen molar-refractivity contribution in [3.8, 4) is 0 Å². The summed E-state index contributed by atoms with van der Waals surface area (Å²) in [6, 6.07) is 7.71. The predicted octanol–water partition coefficient (Wildman–Crippen LogP) is 2.07. The molecule has 0 saturated carbocycles. The first-order valence-corrected chi connectivity index (χ1v) is 9.61. The first-order valence-electron chi connectivity index (χ1n) is 9.61. The lowest BCUT2D eigenvalue weighted by molar-refractivity contribution is -0.126. The molecule has 2 heterocycles. The van der Waals surface area contributed by atoms with Crippen LogP contribution in [-0.2, 0) is 4.79 Å². The molecule has 0 aliphatic carbocycles. The summed E-state index contributed by atoms with van der Waals surface area (Å²) < 4.78 is 0. The van der Waals surface area contributed by atoms with Crippen LogP contribution in [0.4, 0.5) is 4.79 Å². The summed E-state index contributed by atoms with van der Waals surface area (Å²) in [5.41, 5.74) is 1.84. The lowest BCUT2D eigenvalue weighted by Crippen LogP contribution is -2.49. The second-order valence-electron chi connectivity index (χ2n) is 7.38. The van der Waals surface area contributed by atoms with Crippen LogP contribution in [0.2, 0.25) is 0 Å². The summed E-state index contributed by atoms with van der Waals surface area (Å²) in [6.07, 6.45) is 3.06. The molecule has 2 N–H and O–H groups in total. The van der Waals surface area contributed by atoms with Crippen LogP contribution >= 0.6 is 0 Å². The number of benzene rings is 1. The summed E-state index contributed by atoms with van der Waals surface area (Å²) in [5, 5.41) is 13.2. The molecule has 6 nitrogen and oxygen atoms in total. The van der Waals surface area contributed by atoms with Crippen molar-refractivity contribution in [3.63, 3.8) is 0 Å². The zero-order valence-electron chi connectivity index (χ0n) is 15.5. The number of urea groups is 1. The van der Waals surface area contributed by atoms with Crippen molar-refractivity contribution >= 4 is 11.9 Å². The van der Waals surface area contributed by atoms with Crippen LogP contribution in [-0.4, -0.2) is 59.6 Å². The van der Waals surface area contributed by atoms with Crippen molar-refractivity contribution in [2.24, 2.45) is 5.92 Å². The van der Waals surface area contributed by atoms with Crippen molar-refractivity contribution in [1.29, 1.82) is 0 Å². The molecule has 3 rings (SSSR count).